The molecule has 0 saturated heterocycles. The maximum absolute atomic E-state index is 12.6. The number of aliphatic imine (C=N–C) groups is 2. The zero-order valence-corrected chi connectivity index (χ0v) is 18.5. The summed E-state index contributed by atoms with van der Waals surface area (Å²) in [6, 6.07) is 8.84. The highest BCUT2D eigenvalue weighted by molar-refractivity contribution is 6.35. The molecule has 0 atom stereocenters. The van der Waals surface area contributed by atoms with Crippen LogP contribution in [0.1, 0.15) is 35.2 Å². The Kier molecular flexibility index (Phi) is 6.10. The lowest BCUT2D eigenvalue weighted by molar-refractivity contribution is -0.132. The molecule has 3 heterocycles. The number of anilines is 1. The van der Waals surface area contributed by atoms with Gasteiger partial charge in [0.1, 0.15) is 6.67 Å². The fourth-order valence-electron chi connectivity index (χ4n) is 4.56. The molecule has 0 saturated carbocycles. The van der Waals surface area contributed by atoms with E-state index < -0.39 is 0 Å². The predicted octanol–water partition coefficient (Wildman–Crippen LogP) is 1.32. The topological polar surface area (TPSA) is 112 Å². The van der Waals surface area contributed by atoms with Crippen molar-refractivity contribution in [2.24, 2.45) is 9.98 Å². The van der Waals surface area contributed by atoms with E-state index in [1.165, 1.54) is 11.1 Å². The Hall–Kier alpha value is -3.62. The van der Waals surface area contributed by atoms with Crippen molar-refractivity contribution in [3.8, 4) is 0 Å². The van der Waals surface area contributed by atoms with Crippen molar-refractivity contribution in [1.29, 1.82) is 0 Å². The van der Waals surface area contributed by atoms with Crippen molar-refractivity contribution in [2.45, 2.75) is 44.7 Å². The van der Waals surface area contributed by atoms with Crippen LogP contribution in [0.4, 0.5) is 5.95 Å². The molecule has 33 heavy (non-hydrogen) atoms. The number of benzene rings is 1. The molecule has 2 N–H and O–H groups in total. The Morgan fingerprint density at radius 2 is 1.94 bits per heavy atom. The molecule has 1 aliphatic carbocycles. The molecule has 9 heteroatoms. The second-order valence-corrected chi connectivity index (χ2v) is 8.63. The molecule has 0 bridgehead atoms. The van der Waals surface area contributed by atoms with Gasteiger partial charge in [-0.3, -0.25) is 19.6 Å². The molecule has 0 fully saturated rings. The van der Waals surface area contributed by atoms with Gasteiger partial charge in [-0.15, -0.1) is 0 Å². The van der Waals surface area contributed by atoms with Crippen LogP contribution in [-0.4, -0.2) is 64.4 Å². The number of hydrogen-bond donors (Lipinski definition) is 2. The standard InChI is InChI=1S/C24H27N7O2/c32-22(11-20-13-25-15-28-20)26-7-5-23(33)31-8-6-21-18(14-31)12-27-24(30-21)29-19-9-16-3-1-2-4-17(16)10-19/h1-4,12-13,19H,5-11,14-15H2,(H,26,32)(H,27,29,30). The van der Waals surface area contributed by atoms with E-state index in [2.05, 4.69) is 49.9 Å². The number of carbonyl (C=O) groups is 2. The molecule has 170 valence electrons. The van der Waals surface area contributed by atoms with Crippen LogP contribution in [0.3, 0.4) is 0 Å². The quantitative estimate of drug-likeness (QED) is 0.668. The summed E-state index contributed by atoms with van der Waals surface area (Å²) in [5.41, 5.74) is 5.44. The Bertz CT molecular complexity index is 1100. The van der Waals surface area contributed by atoms with Gasteiger partial charge in [-0.1, -0.05) is 24.3 Å². The summed E-state index contributed by atoms with van der Waals surface area (Å²) in [5.74, 6) is 0.537. The van der Waals surface area contributed by atoms with Gasteiger partial charge < -0.3 is 15.5 Å². The Balaban J connectivity index is 1.09. The van der Waals surface area contributed by atoms with Gasteiger partial charge in [-0.25, -0.2) is 9.97 Å². The summed E-state index contributed by atoms with van der Waals surface area (Å²) in [5, 5.41) is 6.26. The number of hydrogen-bond acceptors (Lipinski definition) is 7. The molecule has 2 amide bonds. The van der Waals surface area contributed by atoms with Crippen molar-refractivity contribution in [3.05, 3.63) is 52.8 Å². The number of amides is 2. The number of fused-ring (bicyclic) bond motifs is 2. The molecule has 2 aliphatic heterocycles. The average Bonchev–Trinajstić information content (AvgIpc) is 3.47. The highest BCUT2D eigenvalue weighted by Gasteiger charge is 2.24. The van der Waals surface area contributed by atoms with Crippen LogP contribution < -0.4 is 10.6 Å². The Labute approximate surface area is 192 Å². The lowest BCUT2D eigenvalue weighted by Crippen LogP contribution is -2.38. The lowest BCUT2D eigenvalue weighted by Gasteiger charge is -2.28. The second-order valence-electron chi connectivity index (χ2n) is 8.63. The van der Waals surface area contributed by atoms with E-state index in [-0.39, 0.29) is 24.7 Å². The van der Waals surface area contributed by atoms with E-state index in [0.717, 1.165) is 24.1 Å². The first-order valence-corrected chi connectivity index (χ1v) is 11.4. The molecule has 0 unspecified atom stereocenters. The van der Waals surface area contributed by atoms with E-state index in [9.17, 15) is 9.59 Å². The molecule has 2 aromatic rings. The fraction of sp³-hybridized carbons (Fsp3) is 0.417. The normalized spacial score (nSPS) is 16.8. The molecule has 1 aromatic heterocycles. The largest absolute Gasteiger partial charge is 0.355 e. The predicted molar refractivity (Wildman–Crippen MR) is 125 cm³/mol. The van der Waals surface area contributed by atoms with E-state index >= 15 is 0 Å². The van der Waals surface area contributed by atoms with E-state index in [0.29, 0.717) is 50.4 Å². The Morgan fingerprint density at radius 3 is 2.70 bits per heavy atom. The van der Waals surface area contributed by atoms with Gasteiger partial charge in [0.25, 0.3) is 0 Å². The maximum atomic E-state index is 12.6. The second kappa shape index (κ2) is 9.48. The number of nitrogens with zero attached hydrogens (tertiary/aromatic N) is 5. The Morgan fingerprint density at radius 1 is 1.12 bits per heavy atom. The van der Waals surface area contributed by atoms with Crippen molar-refractivity contribution >= 4 is 29.7 Å². The highest BCUT2D eigenvalue weighted by atomic mass is 16.2. The summed E-state index contributed by atoms with van der Waals surface area (Å²) < 4.78 is 0. The molecule has 9 nitrogen and oxygen atoms in total. The van der Waals surface area contributed by atoms with Crippen LogP contribution in [0.2, 0.25) is 0 Å². The van der Waals surface area contributed by atoms with Gasteiger partial charge in [0, 0.05) is 56.5 Å². The van der Waals surface area contributed by atoms with Crippen LogP contribution in [0.15, 0.2) is 40.4 Å². The molecule has 3 aliphatic rings. The third-order valence-corrected chi connectivity index (χ3v) is 6.27. The van der Waals surface area contributed by atoms with Crippen molar-refractivity contribution in [1.82, 2.24) is 20.2 Å². The van der Waals surface area contributed by atoms with E-state index in [1.807, 2.05) is 11.1 Å². The van der Waals surface area contributed by atoms with Gasteiger partial charge in [-0.05, 0) is 24.0 Å². The minimum atomic E-state index is -0.141. The number of carbonyl (C=O) groups excluding carboxylic acids is 2. The minimum absolute atomic E-state index is 0.0200. The summed E-state index contributed by atoms with van der Waals surface area (Å²) in [4.78, 5) is 43.7. The van der Waals surface area contributed by atoms with Crippen molar-refractivity contribution < 1.29 is 9.59 Å². The monoisotopic (exact) mass is 445 g/mol. The summed E-state index contributed by atoms with van der Waals surface area (Å²) in [7, 11) is 0. The first kappa shape index (κ1) is 21.2. The molecule has 5 rings (SSSR count). The van der Waals surface area contributed by atoms with Gasteiger partial charge in [0.05, 0.1) is 17.8 Å². The molecule has 0 spiro atoms. The smallest absolute Gasteiger partial charge is 0.226 e. The minimum Gasteiger partial charge on any atom is -0.355 e. The first-order valence-electron chi connectivity index (χ1n) is 11.4. The van der Waals surface area contributed by atoms with Gasteiger partial charge in [0.2, 0.25) is 17.8 Å². The third kappa shape index (κ3) is 5.08. The fourth-order valence-corrected chi connectivity index (χ4v) is 4.56. The maximum Gasteiger partial charge on any atom is 0.226 e. The lowest BCUT2D eigenvalue weighted by atomic mass is 10.1. The number of nitrogens with one attached hydrogen (secondary N) is 2. The summed E-state index contributed by atoms with van der Waals surface area (Å²) in [6.45, 7) is 1.84. The van der Waals surface area contributed by atoms with E-state index in [4.69, 9.17) is 4.98 Å². The zero-order valence-electron chi connectivity index (χ0n) is 18.5. The summed E-state index contributed by atoms with van der Waals surface area (Å²) in [6.07, 6.45) is 6.59. The van der Waals surface area contributed by atoms with E-state index in [1.54, 1.807) is 6.21 Å². The first-order chi connectivity index (χ1) is 16.1. The van der Waals surface area contributed by atoms with Gasteiger partial charge in [0.15, 0.2) is 0 Å². The van der Waals surface area contributed by atoms with Gasteiger partial charge >= 0.3 is 0 Å². The zero-order chi connectivity index (χ0) is 22.6. The van der Waals surface area contributed by atoms with Crippen LogP contribution in [0.5, 0.6) is 0 Å². The molecule has 1 aromatic carbocycles. The number of rotatable bonds is 7. The van der Waals surface area contributed by atoms with Crippen molar-refractivity contribution in [3.63, 3.8) is 0 Å². The van der Waals surface area contributed by atoms with Crippen LogP contribution in [-0.2, 0) is 35.4 Å². The van der Waals surface area contributed by atoms with Gasteiger partial charge in [-0.2, -0.15) is 0 Å². The molecular weight excluding hydrogens is 418 g/mol. The average molecular weight is 446 g/mol. The molecule has 0 radical (unpaired) electrons. The third-order valence-electron chi connectivity index (χ3n) is 6.27. The summed E-state index contributed by atoms with van der Waals surface area (Å²) >= 11 is 0. The van der Waals surface area contributed by atoms with Crippen molar-refractivity contribution in [2.75, 3.05) is 25.1 Å². The SMILES string of the molecule is O=C(CC1=NCN=C1)NCCC(=O)N1CCc2nc(NC3Cc4ccccc4C3)ncc2C1. The molecular formula is C24H27N7O2. The number of aromatic nitrogens is 2. The van der Waals surface area contributed by atoms with Crippen LogP contribution in [0, 0.1) is 0 Å². The van der Waals surface area contributed by atoms with Crippen LogP contribution in [0.25, 0.3) is 0 Å². The highest BCUT2D eigenvalue weighted by Crippen LogP contribution is 2.24. The van der Waals surface area contributed by atoms with Crippen LogP contribution >= 0.6 is 0 Å².